The average Bonchev–Trinajstić information content (AvgIpc) is 2.25. The van der Waals surface area contributed by atoms with Crippen LogP contribution >= 0.6 is 0 Å². The van der Waals surface area contributed by atoms with Crippen molar-refractivity contribution in [1.82, 2.24) is 10.2 Å². The largest absolute Gasteiger partial charge is 0.480 e. The number of aromatic nitrogens is 2. The number of carbonyl (C=O) groups is 2. The number of anilines is 1. The lowest BCUT2D eigenvalue weighted by Crippen LogP contribution is -2.38. The highest BCUT2D eigenvalue weighted by atomic mass is 19.4. The normalized spacial score (nSPS) is 11.1. The molecule has 19 heavy (non-hydrogen) atoms. The summed E-state index contributed by atoms with van der Waals surface area (Å²) in [6, 6.07) is 2.11. The van der Waals surface area contributed by atoms with Crippen molar-refractivity contribution in [3.63, 3.8) is 0 Å². The van der Waals surface area contributed by atoms with Crippen LogP contribution in [-0.2, 0) is 4.79 Å². The monoisotopic (exact) mass is 278 g/mol. The Labute approximate surface area is 104 Å². The second-order valence-electron chi connectivity index (χ2n) is 3.51. The van der Waals surface area contributed by atoms with Crippen LogP contribution in [0, 0.1) is 0 Å². The van der Waals surface area contributed by atoms with Crippen molar-refractivity contribution in [3.05, 3.63) is 17.8 Å². The Kier molecular flexibility index (Phi) is 4.25. The molecule has 1 aromatic heterocycles. The summed E-state index contributed by atoms with van der Waals surface area (Å²) in [6.45, 7) is -2.39. The summed E-state index contributed by atoms with van der Waals surface area (Å²) in [4.78, 5) is 21.7. The first kappa shape index (κ1) is 14.7. The van der Waals surface area contributed by atoms with Gasteiger partial charge in [0.1, 0.15) is 13.1 Å². The molecule has 0 aliphatic carbocycles. The topological polar surface area (TPSA) is 109 Å². The Balaban J connectivity index is 2.96. The number of primary amides is 1. The summed E-state index contributed by atoms with van der Waals surface area (Å²) in [5, 5.41) is 15.2. The third-order valence-corrected chi connectivity index (χ3v) is 1.92. The minimum atomic E-state index is -4.60. The Hall–Kier alpha value is -2.39. The van der Waals surface area contributed by atoms with Gasteiger partial charge in [-0.15, -0.1) is 10.2 Å². The molecule has 0 bridgehead atoms. The third-order valence-electron chi connectivity index (χ3n) is 1.92. The lowest BCUT2D eigenvalue weighted by molar-refractivity contribution is -0.136. The molecule has 1 aromatic rings. The summed E-state index contributed by atoms with van der Waals surface area (Å²) < 4.78 is 36.9. The predicted octanol–water partition coefficient (Wildman–Crippen LogP) is 0.0288. The van der Waals surface area contributed by atoms with Crippen molar-refractivity contribution in [2.75, 3.05) is 18.0 Å². The zero-order chi connectivity index (χ0) is 14.6. The van der Waals surface area contributed by atoms with Crippen molar-refractivity contribution in [2.24, 2.45) is 5.73 Å². The fourth-order valence-electron chi connectivity index (χ4n) is 1.22. The number of carboxylic acid groups (broad SMARTS) is 1. The Morgan fingerprint density at radius 1 is 1.32 bits per heavy atom. The number of halogens is 3. The average molecular weight is 278 g/mol. The van der Waals surface area contributed by atoms with Gasteiger partial charge >= 0.3 is 12.1 Å². The molecule has 0 aliphatic rings. The quantitative estimate of drug-likeness (QED) is 0.786. The van der Waals surface area contributed by atoms with Gasteiger partial charge in [0, 0.05) is 0 Å². The number of amides is 1. The first-order valence-corrected chi connectivity index (χ1v) is 4.86. The molecule has 1 rings (SSSR count). The van der Waals surface area contributed by atoms with Crippen molar-refractivity contribution in [1.29, 1.82) is 0 Å². The number of nitrogens with two attached hydrogens (primary N) is 1. The van der Waals surface area contributed by atoms with E-state index in [9.17, 15) is 22.8 Å². The fraction of sp³-hybridized carbons (Fsp3) is 0.333. The minimum Gasteiger partial charge on any atom is -0.480 e. The molecular formula is C9H9F3N4O3. The molecule has 0 unspecified atom stereocenters. The zero-order valence-corrected chi connectivity index (χ0v) is 9.39. The van der Waals surface area contributed by atoms with E-state index in [0.29, 0.717) is 4.90 Å². The highest BCUT2D eigenvalue weighted by molar-refractivity contribution is 5.90. The van der Waals surface area contributed by atoms with Crippen LogP contribution in [0.3, 0.4) is 0 Å². The molecule has 0 atom stereocenters. The number of rotatable bonds is 5. The second kappa shape index (κ2) is 5.50. The Morgan fingerprint density at radius 3 is 2.32 bits per heavy atom. The molecule has 3 N–H and O–H groups in total. The van der Waals surface area contributed by atoms with Crippen LogP contribution < -0.4 is 10.6 Å². The van der Waals surface area contributed by atoms with Crippen LogP contribution in [0.5, 0.6) is 0 Å². The molecule has 7 nitrogen and oxygen atoms in total. The van der Waals surface area contributed by atoms with E-state index in [4.69, 9.17) is 10.8 Å². The van der Waals surface area contributed by atoms with Gasteiger partial charge < -0.3 is 15.7 Å². The highest BCUT2D eigenvalue weighted by Gasteiger charge is 2.32. The molecule has 1 amide bonds. The summed E-state index contributed by atoms with van der Waals surface area (Å²) in [5.41, 5.74) is 4.66. The van der Waals surface area contributed by atoms with Crippen molar-refractivity contribution >= 4 is 17.7 Å². The maximum absolute atomic E-state index is 12.3. The van der Waals surface area contributed by atoms with Crippen molar-refractivity contribution in [3.8, 4) is 0 Å². The van der Waals surface area contributed by atoms with Crippen LogP contribution in [0.15, 0.2) is 12.1 Å². The van der Waals surface area contributed by atoms with Crippen LogP contribution in [0.2, 0.25) is 0 Å². The number of nitrogens with zero attached hydrogens (tertiary/aromatic N) is 3. The predicted molar refractivity (Wildman–Crippen MR) is 56.5 cm³/mol. The smallest absolute Gasteiger partial charge is 0.405 e. The van der Waals surface area contributed by atoms with Crippen LogP contribution in [-0.4, -0.2) is 46.4 Å². The van der Waals surface area contributed by atoms with Gasteiger partial charge in [-0.25, -0.2) is 0 Å². The molecule has 1 heterocycles. The van der Waals surface area contributed by atoms with Gasteiger partial charge in [0.2, 0.25) is 0 Å². The Bertz CT molecular complexity index is 475. The van der Waals surface area contributed by atoms with E-state index in [0.717, 1.165) is 12.1 Å². The van der Waals surface area contributed by atoms with Gasteiger partial charge in [-0.3, -0.25) is 9.59 Å². The van der Waals surface area contributed by atoms with E-state index >= 15 is 0 Å². The molecule has 104 valence electrons. The Morgan fingerprint density at radius 2 is 1.95 bits per heavy atom. The maximum atomic E-state index is 12.3. The molecule has 0 saturated heterocycles. The van der Waals surface area contributed by atoms with Gasteiger partial charge in [-0.05, 0) is 12.1 Å². The maximum Gasteiger partial charge on any atom is 0.405 e. The molecule has 0 fully saturated rings. The fourth-order valence-corrected chi connectivity index (χ4v) is 1.22. The summed E-state index contributed by atoms with van der Waals surface area (Å²) in [5.74, 6) is -2.66. The van der Waals surface area contributed by atoms with E-state index < -0.39 is 31.1 Å². The van der Waals surface area contributed by atoms with Crippen LogP contribution in [0.25, 0.3) is 0 Å². The zero-order valence-electron chi connectivity index (χ0n) is 9.39. The number of aliphatic carboxylic acids is 1. The molecule has 0 aromatic carbocycles. The van der Waals surface area contributed by atoms with E-state index in [1.54, 1.807) is 0 Å². The van der Waals surface area contributed by atoms with E-state index in [1.165, 1.54) is 0 Å². The van der Waals surface area contributed by atoms with E-state index in [2.05, 4.69) is 10.2 Å². The first-order valence-electron chi connectivity index (χ1n) is 4.86. The first-order chi connectivity index (χ1) is 8.69. The summed E-state index contributed by atoms with van der Waals surface area (Å²) >= 11 is 0. The lowest BCUT2D eigenvalue weighted by atomic mass is 10.3. The van der Waals surface area contributed by atoms with Crippen molar-refractivity contribution in [2.45, 2.75) is 6.18 Å². The molecule has 0 spiro atoms. The number of alkyl halides is 3. The van der Waals surface area contributed by atoms with Gasteiger partial charge in [-0.2, -0.15) is 13.2 Å². The van der Waals surface area contributed by atoms with Crippen LogP contribution in [0.1, 0.15) is 10.5 Å². The van der Waals surface area contributed by atoms with Gasteiger partial charge in [-0.1, -0.05) is 0 Å². The van der Waals surface area contributed by atoms with E-state index in [1.807, 2.05) is 0 Å². The second-order valence-corrected chi connectivity index (χ2v) is 3.51. The van der Waals surface area contributed by atoms with Gasteiger partial charge in [0.05, 0.1) is 0 Å². The van der Waals surface area contributed by atoms with Gasteiger partial charge in [0.15, 0.2) is 11.5 Å². The lowest BCUT2D eigenvalue weighted by Gasteiger charge is -2.22. The molecule has 10 heteroatoms. The molecule has 0 aliphatic heterocycles. The number of carboxylic acids is 1. The molecule has 0 radical (unpaired) electrons. The standard InChI is InChI=1S/C9H9F3N4O3/c10-9(11,12)4-16(3-7(17)18)6-2-1-5(8(13)19)14-15-6/h1-2H,3-4H2,(H2,13,19)(H,17,18). The molecule has 0 saturated carbocycles. The van der Waals surface area contributed by atoms with Gasteiger partial charge in [0.25, 0.3) is 5.91 Å². The highest BCUT2D eigenvalue weighted by Crippen LogP contribution is 2.20. The molecular weight excluding hydrogens is 269 g/mol. The third kappa shape index (κ3) is 4.77. The number of carbonyl (C=O) groups excluding carboxylic acids is 1. The summed E-state index contributed by atoms with van der Waals surface area (Å²) in [7, 11) is 0. The number of hydrogen-bond donors (Lipinski definition) is 2. The SMILES string of the molecule is NC(=O)c1ccc(N(CC(=O)O)CC(F)(F)F)nn1. The minimum absolute atomic E-state index is 0.231. The van der Waals surface area contributed by atoms with Crippen LogP contribution in [0.4, 0.5) is 19.0 Å². The number of hydrogen-bond acceptors (Lipinski definition) is 5. The van der Waals surface area contributed by atoms with E-state index in [-0.39, 0.29) is 11.5 Å². The van der Waals surface area contributed by atoms with Crippen molar-refractivity contribution < 1.29 is 27.9 Å². The summed E-state index contributed by atoms with van der Waals surface area (Å²) in [6.07, 6.45) is -4.60.